The summed E-state index contributed by atoms with van der Waals surface area (Å²) in [5.74, 6) is -0.202. The molecule has 0 spiro atoms. The van der Waals surface area contributed by atoms with Crippen LogP contribution in [0.5, 0.6) is 5.75 Å². The van der Waals surface area contributed by atoms with Gasteiger partial charge < -0.3 is 15.2 Å². The van der Waals surface area contributed by atoms with Crippen LogP contribution in [0.2, 0.25) is 0 Å². The van der Waals surface area contributed by atoms with E-state index in [9.17, 15) is 9.50 Å². The van der Waals surface area contributed by atoms with E-state index in [2.05, 4.69) is 10.2 Å². The average molecular weight is 268 g/mol. The van der Waals surface area contributed by atoms with Gasteiger partial charge in [0.05, 0.1) is 12.7 Å². The predicted octanol–water partition coefficient (Wildman–Crippen LogP) is 1.51. The Morgan fingerprint density at radius 3 is 3.05 bits per heavy atom. The van der Waals surface area contributed by atoms with Crippen molar-refractivity contribution in [2.45, 2.75) is 19.1 Å². The van der Waals surface area contributed by atoms with E-state index < -0.39 is 0 Å². The van der Waals surface area contributed by atoms with Crippen molar-refractivity contribution < 1.29 is 14.2 Å². The average Bonchev–Trinajstić information content (AvgIpc) is 2.42. The van der Waals surface area contributed by atoms with Crippen LogP contribution >= 0.6 is 0 Å². The van der Waals surface area contributed by atoms with Crippen LogP contribution in [-0.4, -0.2) is 49.4 Å². The second-order valence-corrected chi connectivity index (χ2v) is 5.02. The highest BCUT2D eigenvalue weighted by Crippen LogP contribution is 2.28. The lowest BCUT2D eigenvalue weighted by Crippen LogP contribution is -2.44. The van der Waals surface area contributed by atoms with Crippen molar-refractivity contribution in [3.63, 3.8) is 0 Å². The summed E-state index contributed by atoms with van der Waals surface area (Å²) in [6.45, 7) is 5.12. The Morgan fingerprint density at radius 2 is 2.37 bits per heavy atom. The first-order chi connectivity index (χ1) is 9.08. The van der Waals surface area contributed by atoms with Gasteiger partial charge in [-0.3, -0.25) is 4.90 Å². The van der Waals surface area contributed by atoms with E-state index >= 15 is 0 Å². The van der Waals surface area contributed by atoms with Crippen LogP contribution in [0.3, 0.4) is 0 Å². The Bertz CT molecular complexity index is 422. The first-order valence-corrected chi connectivity index (χ1v) is 6.59. The standard InChI is InChI=1S/C14H21FN2O2/c1-10(13-7-11(15)3-4-14(13)18)17(2)9-12-8-16-5-6-19-12/h3-4,7,10,12,16,18H,5-6,8-9H2,1-2H3. The second kappa shape index (κ2) is 6.32. The summed E-state index contributed by atoms with van der Waals surface area (Å²) in [6.07, 6.45) is 0.136. The molecule has 1 aliphatic rings. The molecule has 2 atom stereocenters. The normalized spacial score (nSPS) is 21.6. The molecule has 1 fully saturated rings. The van der Waals surface area contributed by atoms with Crippen molar-refractivity contribution in [1.29, 1.82) is 0 Å². The molecular weight excluding hydrogens is 247 g/mol. The molecule has 0 radical (unpaired) electrons. The zero-order chi connectivity index (χ0) is 13.8. The SMILES string of the molecule is CC(c1cc(F)ccc1O)N(C)CC1CNCCO1. The summed E-state index contributed by atoms with van der Waals surface area (Å²) in [4.78, 5) is 2.06. The van der Waals surface area contributed by atoms with Crippen molar-refractivity contribution in [2.75, 3.05) is 33.3 Å². The molecule has 0 saturated carbocycles. The maximum atomic E-state index is 13.3. The van der Waals surface area contributed by atoms with E-state index in [1.165, 1.54) is 18.2 Å². The summed E-state index contributed by atoms with van der Waals surface area (Å²) in [6, 6.07) is 3.98. The number of morpholine rings is 1. The van der Waals surface area contributed by atoms with E-state index in [1.807, 2.05) is 14.0 Å². The fraction of sp³-hybridized carbons (Fsp3) is 0.571. The third kappa shape index (κ3) is 3.65. The third-order valence-corrected chi connectivity index (χ3v) is 3.60. The van der Waals surface area contributed by atoms with E-state index in [0.717, 1.165) is 26.2 Å². The number of benzene rings is 1. The maximum Gasteiger partial charge on any atom is 0.123 e. The minimum absolute atomic E-state index is 0.0683. The Morgan fingerprint density at radius 1 is 1.58 bits per heavy atom. The molecule has 2 rings (SSSR count). The number of phenolic OH excluding ortho intramolecular Hbond substituents is 1. The summed E-state index contributed by atoms with van der Waals surface area (Å²) in [7, 11) is 1.95. The van der Waals surface area contributed by atoms with Crippen LogP contribution in [-0.2, 0) is 4.74 Å². The summed E-state index contributed by atoms with van der Waals surface area (Å²) in [5, 5.41) is 13.1. The van der Waals surface area contributed by atoms with Crippen molar-refractivity contribution in [1.82, 2.24) is 10.2 Å². The molecule has 0 bridgehead atoms. The van der Waals surface area contributed by atoms with Gasteiger partial charge in [-0.1, -0.05) is 0 Å². The molecule has 1 saturated heterocycles. The monoisotopic (exact) mass is 268 g/mol. The zero-order valence-electron chi connectivity index (χ0n) is 11.4. The van der Waals surface area contributed by atoms with Crippen molar-refractivity contribution in [3.8, 4) is 5.75 Å². The van der Waals surface area contributed by atoms with Gasteiger partial charge in [0, 0.05) is 31.2 Å². The number of nitrogens with one attached hydrogen (secondary N) is 1. The molecule has 0 amide bonds. The quantitative estimate of drug-likeness (QED) is 0.869. The number of ether oxygens (including phenoxy) is 1. The van der Waals surface area contributed by atoms with Crippen molar-refractivity contribution in [3.05, 3.63) is 29.6 Å². The minimum atomic E-state index is -0.330. The van der Waals surface area contributed by atoms with E-state index in [0.29, 0.717) is 5.56 Å². The Hall–Kier alpha value is -1.17. The van der Waals surface area contributed by atoms with Crippen molar-refractivity contribution >= 4 is 0 Å². The van der Waals surface area contributed by atoms with Crippen LogP contribution < -0.4 is 5.32 Å². The van der Waals surface area contributed by atoms with Gasteiger partial charge >= 0.3 is 0 Å². The lowest BCUT2D eigenvalue weighted by molar-refractivity contribution is 0.00377. The van der Waals surface area contributed by atoms with Crippen LogP contribution in [0, 0.1) is 5.82 Å². The number of rotatable bonds is 4. The molecular formula is C14H21FN2O2. The highest BCUT2D eigenvalue weighted by atomic mass is 19.1. The molecule has 1 aliphatic heterocycles. The number of likely N-dealkylation sites (N-methyl/N-ethyl adjacent to an activating group) is 1. The molecule has 2 unspecified atom stereocenters. The molecule has 0 aromatic heterocycles. The molecule has 2 N–H and O–H groups in total. The predicted molar refractivity (Wildman–Crippen MR) is 71.7 cm³/mol. The molecule has 1 aromatic carbocycles. The summed E-state index contributed by atoms with van der Waals surface area (Å²) in [5.41, 5.74) is 0.603. The lowest BCUT2D eigenvalue weighted by atomic mass is 10.1. The number of nitrogens with zero attached hydrogens (tertiary/aromatic N) is 1. The van der Waals surface area contributed by atoms with Crippen LogP contribution in [0.15, 0.2) is 18.2 Å². The van der Waals surface area contributed by atoms with E-state index in [1.54, 1.807) is 0 Å². The lowest BCUT2D eigenvalue weighted by Gasteiger charge is -2.31. The number of halogens is 1. The molecule has 1 aromatic rings. The van der Waals surface area contributed by atoms with Crippen LogP contribution in [0.25, 0.3) is 0 Å². The highest BCUT2D eigenvalue weighted by molar-refractivity contribution is 5.34. The smallest absolute Gasteiger partial charge is 0.123 e. The van der Waals surface area contributed by atoms with Gasteiger partial charge in [-0.05, 0) is 32.2 Å². The summed E-state index contributed by atoms with van der Waals surface area (Å²) < 4.78 is 18.9. The van der Waals surface area contributed by atoms with Crippen LogP contribution in [0.1, 0.15) is 18.5 Å². The topological polar surface area (TPSA) is 44.7 Å². The number of hydrogen-bond acceptors (Lipinski definition) is 4. The van der Waals surface area contributed by atoms with Gasteiger partial charge in [0.1, 0.15) is 11.6 Å². The molecule has 5 heteroatoms. The summed E-state index contributed by atoms with van der Waals surface area (Å²) >= 11 is 0. The second-order valence-electron chi connectivity index (χ2n) is 5.02. The van der Waals surface area contributed by atoms with Crippen LogP contribution in [0.4, 0.5) is 4.39 Å². The molecule has 106 valence electrons. The van der Waals surface area contributed by atoms with E-state index in [4.69, 9.17) is 4.74 Å². The third-order valence-electron chi connectivity index (χ3n) is 3.60. The van der Waals surface area contributed by atoms with Gasteiger partial charge in [0.15, 0.2) is 0 Å². The fourth-order valence-electron chi connectivity index (χ4n) is 2.31. The number of phenols is 1. The minimum Gasteiger partial charge on any atom is -0.508 e. The highest BCUT2D eigenvalue weighted by Gasteiger charge is 2.21. The van der Waals surface area contributed by atoms with E-state index in [-0.39, 0.29) is 23.7 Å². The number of aromatic hydroxyl groups is 1. The fourth-order valence-corrected chi connectivity index (χ4v) is 2.31. The first-order valence-electron chi connectivity index (χ1n) is 6.59. The molecule has 1 heterocycles. The van der Waals surface area contributed by atoms with Gasteiger partial charge in [-0.15, -0.1) is 0 Å². The Labute approximate surface area is 113 Å². The van der Waals surface area contributed by atoms with Gasteiger partial charge in [0.2, 0.25) is 0 Å². The molecule has 19 heavy (non-hydrogen) atoms. The Kier molecular flexibility index (Phi) is 4.74. The van der Waals surface area contributed by atoms with Crippen molar-refractivity contribution in [2.24, 2.45) is 0 Å². The molecule has 0 aliphatic carbocycles. The zero-order valence-corrected chi connectivity index (χ0v) is 11.4. The van der Waals surface area contributed by atoms with Gasteiger partial charge in [0.25, 0.3) is 0 Å². The number of hydrogen-bond donors (Lipinski definition) is 2. The largest absolute Gasteiger partial charge is 0.508 e. The molecule has 4 nitrogen and oxygen atoms in total. The Balaban J connectivity index is 2.01. The van der Waals surface area contributed by atoms with Gasteiger partial charge in [-0.2, -0.15) is 0 Å². The first kappa shape index (κ1) is 14.2. The van der Waals surface area contributed by atoms with Gasteiger partial charge in [-0.25, -0.2) is 4.39 Å². The maximum absolute atomic E-state index is 13.3.